The number of anilines is 3. The summed E-state index contributed by atoms with van der Waals surface area (Å²) in [5, 5.41) is 3.16. The zero-order chi connectivity index (χ0) is 21.1. The zero-order valence-electron chi connectivity index (χ0n) is 16.3. The molecule has 154 valence electrons. The highest BCUT2D eigenvalue weighted by molar-refractivity contribution is 5.94. The molecule has 0 atom stereocenters. The van der Waals surface area contributed by atoms with Crippen molar-refractivity contribution in [3.8, 4) is 0 Å². The number of pyridine rings is 1. The number of nitrogens with one attached hydrogen (secondary N) is 1. The molecular weight excluding hydrogens is 390 g/mol. The maximum absolute atomic E-state index is 13.4. The van der Waals surface area contributed by atoms with Crippen LogP contribution >= 0.6 is 0 Å². The molecule has 1 aliphatic heterocycles. The van der Waals surface area contributed by atoms with E-state index in [1.165, 1.54) is 12.4 Å². The van der Waals surface area contributed by atoms with Gasteiger partial charge in [0.2, 0.25) is 0 Å². The summed E-state index contributed by atoms with van der Waals surface area (Å²) in [7, 11) is 0. The third-order valence-corrected chi connectivity index (χ3v) is 4.88. The lowest BCUT2D eigenvalue weighted by atomic mass is 10.1. The third kappa shape index (κ3) is 4.35. The van der Waals surface area contributed by atoms with Crippen molar-refractivity contribution in [1.82, 2.24) is 19.9 Å². The van der Waals surface area contributed by atoms with E-state index >= 15 is 0 Å². The highest BCUT2D eigenvalue weighted by atomic mass is 19.2. The van der Waals surface area contributed by atoms with E-state index < -0.39 is 11.6 Å². The number of aryl methyl sites for hydroxylation is 1. The van der Waals surface area contributed by atoms with Gasteiger partial charge in [0, 0.05) is 44.0 Å². The topological polar surface area (TPSA) is 74.2 Å². The summed E-state index contributed by atoms with van der Waals surface area (Å²) in [6.45, 7) is 4.01. The highest BCUT2D eigenvalue weighted by Gasteiger charge is 2.24. The second-order valence-electron chi connectivity index (χ2n) is 7.01. The van der Waals surface area contributed by atoms with Gasteiger partial charge in [-0.05, 0) is 42.8 Å². The maximum Gasteiger partial charge on any atom is 0.254 e. The average Bonchev–Trinajstić information content (AvgIpc) is 2.75. The minimum Gasteiger partial charge on any atom is -0.353 e. The summed E-state index contributed by atoms with van der Waals surface area (Å²) in [6.07, 6.45) is 3.20. The molecule has 0 aliphatic carbocycles. The number of hydrogen-bond acceptors (Lipinski definition) is 6. The van der Waals surface area contributed by atoms with Crippen LogP contribution < -0.4 is 10.2 Å². The lowest BCUT2D eigenvalue weighted by Gasteiger charge is -2.35. The molecule has 3 heterocycles. The molecule has 1 fully saturated rings. The van der Waals surface area contributed by atoms with Crippen molar-refractivity contribution >= 4 is 23.4 Å². The predicted molar refractivity (Wildman–Crippen MR) is 109 cm³/mol. The number of hydrogen-bond donors (Lipinski definition) is 1. The first kappa shape index (κ1) is 19.7. The van der Waals surface area contributed by atoms with E-state index in [0.29, 0.717) is 37.8 Å². The van der Waals surface area contributed by atoms with Crippen molar-refractivity contribution in [3.63, 3.8) is 0 Å². The Morgan fingerprint density at radius 2 is 1.70 bits per heavy atom. The molecule has 30 heavy (non-hydrogen) atoms. The number of aromatic nitrogens is 3. The summed E-state index contributed by atoms with van der Waals surface area (Å²) in [5.74, 6) is -0.252. The van der Waals surface area contributed by atoms with Crippen LogP contribution in [-0.4, -0.2) is 51.9 Å². The van der Waals surface area contributed by atoms with Gasteiger partial charge in [0.05, 0.1) is 0 Å². The minimum absolute atomic E-state index is 0.140. The van der Waals surface area contributed by atoms with Crippen LogP contribution in [0.4, 0.5) is 26.2 Å². The van der Waals surface area contributed by atoms with Crippen LogP contribution in [0.2, 0.25) is 0 Å². The molecule has 1 aliphatic rings. The largest absolute Gasteiger partial charge is 0.353 e. The Balaban J connectivity index is 1.40. The fourth-order valence-electron chi connectivity index (χ4n) is 3.27. The van der Waals surface area contributed by atoms with Gasteiger partial charge < -0.3 is 15.1 Å². The van der Waals surface area contributed by atoms with Crippen LogP contribution in [0.25, 0.3) is 0 Å². The summed E-state index contributed by atoms with van der Waals surface area (Å²) in [6, 6.07) is 8.87. The second-order valence-corrected chi connectivity index (χ2v) is 7.01. The molecule has 1 amide bonds. The first-order valence-electron chi connectivity index (χ1n) is 9.50. The Morgan fingerprint density at radius 1 is 0.933 bits per heavy atom. The van der Waals surface area contributed by atoms with Gasteiger partial charge in [-0.15, -0.1) is 0 Å². The fraction of sp³-hybridized carbons (Fsp3) is 0.238. The number of benzene rings is 1. The monoisotopic (exact) mass is 410 g/mol. The van der Waals surface area contributed by atoms with Crippen molar-refractivity contribution in [3.05, 3.63) is 71.7 Å². The Kier molecular flexibility index (Phi) is 5.51. The van der Waals surface area contributed by atoms with E-state index in [4.69, 9.17) is 0 Å². The van der Waals surface area contributed by atoms with E-state index in [9.17, 15) is 13.6 Å². The quantitative estimate of drug-likeness (QED) is 0.712. The lowest BCUT2D eigenvalue weighted by molar-refractivity contribution is 0.0746. The Labute approximate surface area is 172 Å². The van der Waals surface area contributed by atoms with Crippen LogP contribution in [0, 0.1) is 18.6 Å². The molecule has 0 unspecified atom stereocenters. The number of nitrogens with zero attached hydrogens (tertiary/aromatic N) is 5. The van der Waals surface area contributed by atoms with Crippen LogP contribution in [0.5, 0.6) is 0 Å². The van der Waals surface area contributed by atoms with Gasteiger partial charge in [-0.1, -0.05) is 0 Å². The normalized spacial score (nSPS) is 14.0. The van der Waals surface area contributed by atoms with Crippen LogP contribution in [-0.2, 0) is 0 Å². The van der Waals surface area contributed by atoms with Crippen LogP contribution in [0.1, 0.15) is 15.9 Å². The lowest BCUT2D eigenvalue weighted by Crippen LogP contribution is -2.49. The minimum atomic E-state index is -1.02. The van der Waals surface area contributed by atoms with Crippen molar-refractivity contribution < 1.29 is 13.6 Å². The standard InChI is InChI=1S/C21H20F2N6O/c1-14-4-5-24-18(10-14)27-19-12-20(26-13-25-19)28-6-8-29(9-7-28)21(30)15-2-3-16(22)17(23)11-15/h2-5,10-13H,6-9H2,1H3,(H,24,25,26,27). The molecule has 0 radical (unpaired) electrons. The van der Waals surface area contributed by atoms with Crippen molar-refractivity contribution in [2.75, 3.05) is 36.4 Å². The Hall–Kier alpha value is -3.62. The summed E-state index contributed by atoms with van der Waals surface area (Å²) in [4.78, 5) is 29.1. The van der Waals surface area contributed by atoms with Crippen LogP contribution in [0.15, 0.2) is 48.9 Å². The summed E-state index contributed by atoms with van der Waals surface area (Å²) >= 11 is 0. The SMILES string of the molecule is Cc1ccnc(Nc2cc(N3CCN(C(=O)c4ccc(F)c(F)c4)CC3)ncn2)c1. The van der Waals surface area contributed by atoms with E-state index in [1.807, 2.05) is 30.0 Å². The number of halogens is 2. The van der Waals surface area contributed by atoms with Gasteiger partial charge in [-0.25, -0.2) is 23.7 Å². The number of carbonyl (C=O) groups excluding carboxylic acids is 1. The number of piperazine rings is 1. The molecule has 2 aromatic heterocycles. The number of amides is 1. The number of rotatable bonds is 4. The molecule has 0 spiro atoms. The Morgan fingerprint density at radius 3 is 2.43 bits per heavy atom. The van der Waals surface area contributed by atoms with Crippen LogP contribution in [0.3, 0.4) is 0 Å². The highest BCUT2D eigenvalue weighted by Crippen LogP contribution is 2.20. The molecule has 7 nitrogen and oxygen atoms in total. The fourth-order valence-corrected chi connectivity index (χ4v) is 3.27. The number of carbonyl (C=O) groups is 1. The molecule has 4 rings (SSSR count). The van der Waals surface area contributed by atoms with Gasteiger partial charge in [0.15, 0.2) is 11.6 Å². The smallest absolute Gasteiger partial charge is 0.254 e. The zero-order valence-corrected chi connectivity index (χ0v) is 16.3. The maximum atomic E-state index is 13.4. The average molecular weight is 410 g/mol. The van der Waals surface area contributed by atoms with Gasteiger partial charge >= 0.3 is 0 Å². The summed E-state index contributed by atoms with van der Waals surface area (Å²) in [5.41, 5.74) is 1.23. The van der Waals surface area contributed by atoms with Gasteiger partial charge in [0.1, 0.15) is 23.8 Å². The van der Waals surface area contributed by atoms with E-state index in [0.717, 1.165) is 23.5 Å². The van der Waals surface area contributed by atoms with E-state index in [2.05, 4.69) is 20.3 Å². The van der Waals surface area contributed by atoms with Crippen molar-refractivity contribution in [1.29, 1.82) is 0 Å². The van der Waals surface area contributed by atoms with Crippen molar-refractivity contribution in [2.45, 2.75) is 6.92 Å². The molecule has 1 aromatic carbocycles. The molecular formula is C21H20F2N6O. The van der Waals surface area contributed by atoms with Gasteiger partial charge in [-0.2, -0.15) is 0 Å². The van der Waals surface area contributed by atoms with E-state index in [1.54, 1.807) is 11.1 Å². The second kappa shape index (κ2) is 8.40. The van der Waals surface area contributed by atoms with E-state index in [-0.39, 0.29) is 11.5 Å². The molecule has 1 N–H and O–H groups in total. The third-order valence-electron chi connectivity index (χ3n) is 4.88. The molecule has 0 bridgehead atoms. The Bertz CT molecular complexity index is 1070. The van der Waals surface area contributed by atoms with Gasteiger partial charge in [-0.3, -0.25) is 4.79 Å². The molecule has 0 saturated carbocycles. The molecule has 3 aromatic rings. The van der Waals surface area contributed by atoms with Gasteiger partial charge in [0.25, 0.3) is 5.91 Å². The first-order chi connectivity index (χ1) is 14.5. The first-order valence-corrected chi connectivity index (χ1v) is 9.50. The van der Waals surface area contributed by atoms with Crippen molar-refractivity contribution in [2.24, 2.45) is 0 Å². The molecule has 9 heteroatoms. The molecule has 1 saturated heterocycles. The predicted octanol–water partition coefficient (Wildman–Crippen LogP) is 3.16. The summed E-state index contributed by atoms with van der Waals surface area (Å²) < 4.78 is 26.5.